The normalized spacial score (nSPS) is 11.2. The van der Waals surface area contributed by atoms with Crippen molar-refractivity contribution < 1.29 is 0 Å². The van der Waals surface area contributed by atoms with E-state index in [-0.39, 0.29) is 0 Å². The van der Waals surface area contributed by atoms with Crippen LogP contribution in [-0.2, 0) is 6.54 Å². The lowest BCUT2D eigenvalue weighted by molar-refractivity contribution is 0.664. The van der Waals surface area contributed by atoms with Crippen molar-refractivity contribution in [2.45, 2.75) is 13.5 Å². The molecule has 5 aromatic rings. The lowest BCUT2D eigenvalue weighted by Crippen LogP contribution is -2.04. The highest BCUT2D eigenvalue weighted by atomic mass is 15.5. The van der Waals surface area contributed by atoms with Crippen molar-refractivity contribution in [2.75, 3.05) is 5.32 Å². The molecule has 0 unspecified atom stereocenters. The monoisotopic (exact) mass is 368 g/mol. The molecular formula is C20H16N8. The SMILES string of the molecule is Cc1ccncc1Nc1cnc2nnn(Cc3ccc4ncccc4c3)c2n1. The van der Waals surface area contributed by atoms with E-state index in [9.17, 15) is 0 Å². The van der Waals surface area contributed by atoms with Gasteiger partial charge >= 0.3 is 0 Å². The van der Waals surface area contributed by atoms with Crippen LogP contribution in [0.3, 0.4) is 0 Å². The van der Waals surface area contributed by atoms with Gasteiger partial charge in [0, 0.05) is 17.8 Å². The molecule has 28 heavy (non-hydrogen) atoms. The van der Waals surface area contributed by atoms with Gasteiger partial charge in [0.15, 0.2) is 11.5 Å². The molecule has 0 saturated heterocycles. The Hall–Kier alpha value is -3.94. The topological polar surface area (TPSA) is 94.3 Å². The number of aryl methyl sites for hydroxylation is 1. The largest absolute Gasteiger partial charge is 0.337 e. The highest BCUT2D eigenvalue weighted by molar-refractivity contribution is 5.79. The Morgan fingerprint density at radius 1 is 1.04 bits per heavy atom. The zero-order chi connectivity index (χ0) is 18.9. The zero-order valence-corrected chi connectivity index (χ0v) is 15.1. The molecule has 0 aliphatic carbocycles. The smallest absolute Gasteiger partial charge is 0.221 e. The highest BCUT2D eigenvalue weighted by Crippen LogP contribution is 2.19. The van der Waals surface area contributed by atoms with E-state index in [0.29, 0.717) is 23.7 Å². The maximum atomic E-state index is 4.65. The number of benzene rings is 1. The van der Waals surface area contributed by atoms with E-state index in [1.165, 1.54) is 0 Å². The Balaban J connectivity index is 1.48. The van der Waals surface area contributed by atoms with E-state index >= 15 is 0 Å². The standard InChI is InChI=1S/C20H16N8/c1-13-6-8-21-10-17(13)24-18-11-23-19-20(25-18)28(27-26-19)12-14-4-5-16-15(9-14)3-2-7-22-16/h2-11H,12H2,1H3,(H,24,25). The highest BCUT2D eigenvalue weighted by Gasteiger charge is 2.10. The third-order valence-electron chi connectivity index (χ3n) is 4.53. The van der Waals surface area contributed by atoms with Crippen LogP contribution in [0.25, 0.3) is 22.2 Å². The number of rotatable bonds is 4. The predicted octanol–water partition coefficient (Wildman–Crippen LogP) is 3.26. The summed E-state index contributed by atoms with van der Waals surface area (Å²) < 4.78 is 1.75. The maximum absolute atomic E-state index is 4.65. The first-order chi connectivity index (χ1) is 13.8. The van der Waals surface area contributed by atoms with Crippen molar-refractivity contribution >= 4 is 33.7 Å². The van der Waals surface area contributed by atoms with E-state index in [1.807, 2.05) is 37.3 Å². The summed E-state index contributed by atoms with van der Waals surface area (Å²) in [5, 5.41) is 12.7. The van der Waals surface area contributed by atoms with Gasteiger partial charge in [0.1, 0.15) is 0 Å². The van der Waals surface area contributed by atoms with Crippen LogP contribution in [0, 0.1) is 6.92 Å². The summed E-state index contributed by atoms with van der Waals surface area (Å²) in [6.07, 6.45) is 6.96. The molecule has 4 heterocycles. The average Bonchev–Trinajstić information content (AvgIpc) is 3.12. The molecule has 5 rings (SSSR count). The fraction of sp³-hybridized carbons (Fsp3) is 0.100. The number of nitrogens with one attached hydrogen (secondary N) is 1. The number of anilines is 2. The van der Waals surface area contributed by atoms with Crippen LogP contribution >= 0.6 is 0 Å². The Kier molecular flexibility index (Phi) is 3.86. The minimum atomic E-state index is 0.510. The number of aromatic nitrogens is 7. The van der Waals surface area contributed by atoms with Crippen molar-refractivity contribution in [3.63, 3.8) is 0 Å². The quantitative estimate of drug-likeness (QED) is 0.520. The molecule has 0 amide bonds. The molecule has 0 bridgehead atoms. The van der Waals surface area contributed by atoms with Gasteiger partial charge in [-0.05, 0) is 42.3 Å². The summed E-state index contributed by atoms with van der Waals surface area (Å²) in [7, 11) is 0. The first-order valence-corrected chi connectivity index (χ1v) is 8.84. The molecule has 0 radical (unpaired) electrons. The van der Waals surface area contributed by atoms with Crippen molar-refractivity contribution in [3.05, 3.63) is 72.3 Å². The van der Waals surface area contributed by atoms with Crippen molar-refractivity contribution in [1.29, 1.82) is 0 Å². The van der Waals surface area contributed by atoms with E-state index in [2.05, 4.69) is 41.6 Å². The fourth-order valence-electron chi connectivity index (χ4n) is 3.05. The van der Waals surface area contributed by atoms with Crippen LogP contribution in [0.2, 0.25) is 0 Å². The lowest BCUT2D eigenvalue weighted by Gasteiger charge is -2.08. The van der Waals surface area contributed by atoms with Crippen LogP contribution in [-0.4, -0.2) is 34.9 Å². The van der Waals surface area contributed by atoms with Gasteiger partial charge in [0.2, 0.25) is 5.65 Å². The first kappa shape index (κ1) is 16.2. The van der Waals surface area contributed by atoms with Crippen molar-refractivity contribution in [2.24, 2.45) is 0 Å². The van der Waals surface area contributed by atoms with E-state index in [1.54, 1.807) is 29.5 Å². The first-order valence-electron chi connectivity index (χ1n) is 8.84. The van der Waals surface area contributed by atoms with Gasteiger partial charge < -0.3 is 5.32 Å². The fourth-order valence-corrected chi connectivity index (χ4v) is 3.05. The minimum Gasteiger partial charge on any atom is -0.337 e. The molecule has 0 fully saturated rings. The summed E-state index contributed by atoms with van der Waals surface area (Å²) in [5.74, 6) is 0.620. The number of pyridine rings is 2. The van der Waals surface area contributed by atoms with E-state index in [4.69, 9.17) is 0 Å². The van der Waals surface area contributed by atoms with Crippen LogP contribution in [0.4, 0.5) is 11.5 Å². The van der Waals surface area contributed by atoms with Crippen LogP contribution < -0.4 is 5.32 Å². The lowest BCUT2D eigenvalue weighted by atomic mass is 10.1. The molecule has 4 aromatic heterocycles. The summed E-state index contributed by atoms with van der Waals surface area (Å²) in [4.78, 5) is 17.5. The molecule has 8 nitrogen and oxygen atoms in total. The third kappa shape index (κ3) is 3.01. The maximum Gasteiger partial charge on any atom is 0.221 e. The molecule has 0 spiro atoms. The van der Waals surface area contributed by atoms with E-state index < -0.39 is 0 Å². The van der Waals surface area contributed by atoms with Crippen molar-refractivity contribution in [3.8, 4) is 0 Å². The molecule has 0 saturated carbocycles. The third-order valence-corrected chi connectivity index (χ3v) is 4.53. The number of nitrogens with zero attached hydrogens (tertiary/aromatic N) is 7. The molecule has 0 atom stereocenters. The second kappa shape index (κ2) is 6.66. The molecule has 1 aromatic carbocycles. The zero-order valence-electron chi connectivity index (χ0n) is 15.1. The van der Waals surface area contributed by atoms with Crippen molar-refractivity contribution in [1.82, 2.24) is 34.9 Å². The molecular weight excluding hydrogens is 352 g/mol. The number of hydrogen-bond acceptors (Lipinski definition) is 7. The van der Waals surface area contributed by atoms with Gasteiger partial charge in [-0.15, -0.1) is 5.10 Å². The van der Waals surface area contributed by atoms with Gasteiger partial charge in [0.25, 0.3) is 0 Å². The molecule has 0 aliphatic rings. The Labute approximate surface area is 160 Å². The Bertz CT molecular complexity index is 1290. The average molecular weight is 368 g/mol. The minimum absolute atomic E-state index is 0.510. The van der Waals surface area contributed by atoms with Gasteiger partial charge in [-0.2, -0.15) is 0 Å². The summed E-state index contributed by atoms with van der Waals surface area (Å²) in [5.41, 5.74) is 5.16. The van der Waals surface area contributed by atoms with E-state index in [0.717, 1.165) is 27.7 Å². The molecule has 0 aliphatic heterocycles. The summed E-state index contributed by atoms with van der Waals surface area (Å²) in [6, 6.07) is 12.1. The van der Waals surface area contributed by atoms with Crippen LogP contribution in [0.1, 0.15) is 11.1 Å². The predicted molar refractivity (Wildman–Crippen MR) is 106 cm³/mol. The van der Waals surface area contributed by atoms with Gasteiger partial charge in [-0.1, -0.05) is 17.3 Å². The number of hydrogen-bond donors (Lipinski definition) is 1. The van der Waals surface area contributed by atoms with Gasteiger partial charge in [-0.25, -0.2) is 14.6 Å². The summed E-state index contributed by atoms with van der Waals surface area (Å²) >= 11 is 0. The molecule has 136 valence electrons. The Morgan fingerprint density at radius 2 is 2.00 bits per heavy atom. The van der Waals surface area contributed by atoms with Gasteiger partial charge in [-0.3, -0.25) is 9.97 Å². The Morgan fingerprint density at radius 3 is 2.93 bits per heavy atom. The second-order valence-electron chi connectivity index (χ2n) is 6.50. The molecule has 8 heteroatoms. The summed E-state index contributed by atoms with van der Waals surface area (Å²) in [6.45, 7) is 2.56. The van der Waals surface area contributed by atoms with Crippen LogP contribution in [0.5, 0.6) is 0 Å². The number of fused-ring (bicyclic) bond motifs is 2. The molecule has 1 N–H and O–H groups in total. The van der Waals surface area contributed by atoms with Crippen LogP contribution in [0.15, 0.2) is 61.2 Å². The second-order valence-corrected chi connectivity index (χ2v) is 6.50. The van der Waals surface area contributed by atoms with Gasteiger partial charge in [0.05, 0.1) is 30.1 Å².